The van der Waals surface area contributed by atoms with Crippen LogP contribution in [0, 0.1) is 0 Å². The lowest BCUT2D eigenvalue weighted by molar-refractivity contribution is -0.383. The highest BCUT2D eigenvalue weighted by atomic mass is 16.8. The van der Waals surface area contributed by atoms with Gasteiger partial charge in [0.1, 0.15) is 49.8 Å². The molecule has 17 nitrogen and oxygen atoms in total. The molecule has 0 amide bonds. The number of carbonyl (C=O) groups excluding carboxylic acids is 2. The minimum absolute atomic E-state index is 0.108. The van der Waals surface area contributed by atoms with Gasteiger partial charge in [-0.2, -0.15) is 0 Å². The zero-order valence-corrected chi connectivity index (χ0v) is 26.3. The van der Waals surface area contributed by atoms with Crippen molar-refractivity contribution in [1.29, 1.82) is 0 Å². The summed E-state index contributed by atoms with van der Waals surface area (Å²) in [5.41, 5.74) is 0.898. The monoisotopic (exact) mass is 694 g/mol. The molecule has 9 atom stereocenters. The molecule has 2 aliphatic heterocycles. The largest absolute Gasteiger partial charge is 0.504 e. The van der Waals surface area contributed by atoms with E-state index < -0.39 is 86.6 Å². The number of esters is 2. The standard InChI is InChI=1S/C32H38O17/c1-43-20-11-16(3-7-18(20)35)5-9-24(37)45-14-23-26(39)28(41)29(42)31(46-23)49-32(15-34)30(27(40)22(13-33)48-32)47-25(38)10-6-17-4-8-19(36)21(12-17)44-2/h3-12,22-23,26-31,33-36,39-42H,13-15H2,1-2H3/b9-5+,10-6+/t22-,23+,26+,27-,28-,29+,30+,31+,32+/m0/s1. The molecule has 8 N–H and O–H groups in total. The molecule has 4 rings (SSSR count). The topological polar surface area (TPSA) is 261 Å². The molecule has 0 unspecified atom stereocenters. The number of rotatable bonds is 13. The first-order valence-corrected chi connectivity index (χ1v) is 14.8. The predicted molar refractivity (Wildman–Crippen MR) is 164 cm³/mol. The number of phenols is 2. The molecule has 0 saturated carbocycles. The van der Waals surface area contributed by atoms with Crippen LogP contribution in [0.4, 0.5) is 0 Å². The van der Waals surface area contributed by atoms with Gasteiger partial charge < -0.3 is 74.0 Å². The molecule has 2 saturated heterocycles. The van der Waals surface area contributed by atoms with Crippen LogP contribution in [0.15, 0.2) is 48.6 Å². The lowest BCUT2D eigenvalue weighted by atomic mass is 9.99. The molecule has 49 heavy (non-hydrogen) atoms. The fourth-order valence-corrected chi connectivity index (χ4v) is 5.06. The molecule has 2 fully saturated rings. The normalized spacial score (nSPS) is 30.0. The smallest absolute Gasteiger partial charge is 0.331 e. The third-order valence-corrected chi connectivity index (χ3v) is 7.72. The minimum Gasteiger partial charge on any atom is -0.504 e. The van der Waals surface area contributed by atoms with Crippen molar-refractivity contribution in [2.75, 3.05) is 34.0 Å². The Morgan fingerprint density at radius 3 is 1.90 bits per heavy atom. The molecule has 2 aromatic rings. The second-order valence-corrected chi connectivity index (χ2v) is 10.9. The number of benzene rings is 2. The van der Waals surface area contributed by atoms with E-state index in [0.717, 1.165) is 12.2 Å². The molecular weight excluding hydrogens is 656 g/mol. The van der Waals surface area contributed by atoms with Gasteiger partial charge in [0.25, 0.3) is 0 Å². The predicted octanol–water partition coefficient (Wildman–Crippen LogP) is -1.44. The Hall–Kier alpha value is -4.30. The van der Waals surface area contributed by atoms with Crippen LogP contribution in [0.2, 0.25) is 0 Å². The highest BCUT2D eigenvalue weighted by Gasteiger charge is 2.60. The third kappa shape index (κ3) is 8.66. The van der Waals surface area contributed by atoms with E-state index in [1.54, 1.807) is 0 Å². The minimum atomic E-state index is -2.47. The Kier molecular flexibility index (Phi) is 12.6. The number of hydrogen-bond acceptors (Lipinski definition) is 17. The van der Waals surface area contributed by atoms with Crippen molar-refractivity contribution in [3.05, 3.63) is 59.7 Å². The average molecular weight is 695 g/mol. The van der Waals surface area contributed by atoms with Crippen LogP contribution >= 0.6 is 0 Å². The van der Waals surface area contributed by atoms with E-state index in [0.29, 0.717) is 11.1 Å². The van der Waals surface area contributed by atoms with Gasteiger partial charge in [0.15, 0.2) is 35.4 Å². The van der Waals surface area contributed by atoms with E-state index in [2.05, 4.69) is 0 Å². The Morgan fingerprint density at radius 2 is 1.37 bits per heavy atom. The maximum atomic E-state index is 12.8. The Bertz CT molecular complexity index is 1510. The Labute approximate surface area is 279 Å². The summed E-state index contributed by atoms with van der Waals surface area (Å²) < 4.78 is 37.3. The lowest BCUT2D eigenvalue weighted by Crippen LogP contribution is -2.63. The van der Waals surface area contributed by atoms with E-state index in [1.807, 2.05) is 0 Å². The van der Waals surface area contributed by atoms with Crippen molar-refractivity contribution in [1.82, 2.24) is 0 Å². The van der Waals surface area contributed by atoms with Crippen LogP contribution < -0.4 is 9.47 Å². The number of methoxy groups -OCH3 is 2. The first kappa shape index (κ1) is 37.5. The molecule has 0 radical (unpaired) electrons. The van der Waals surface area contributed by atoms with Crippen LogP contribution in [-0.4, -0.2) is 142 Å². The Morgan fingerprint density at radius 1 is 0.796 bits per heavy atom. The van der Waals surface area contributed by atoms with Crippen LogP contribution in [0.5, 0.6) is 23.0 Å². The molecule has 0 spiro atoms. The van der Waals surface area contributed by atoms with Gasteiger partial charge in [-0.15, -0.1) is 0 Å². The molecule has 0 aliphatic carbocycles. The molecule has 268 valence electrons. The summed E-state index contributed by atoms with van der Waals surface area (Å²) in [6.45, 7) is -2.61. The summed E-state index contributed by atoms with van der Waals surface area (Å²) in [7, 11) is 2.69. The number of aromatic hydroxyl groups is 2. The summed E-state index contributed by atoms with van der Waals surface area (Å²) in [5.74, 6) is -4.38. The van der Waals surface area contributed by atoms with Crippen molar-refractivity contribution >= 4 is 24.1 Å². The number of ether oxygens (including phenoxy) is 7. The van der Waals surface area contributed by atoms with E-state index in [-0.39, 0.29) is 23.0 Å². The lowest BCUT2D eigenvalue weighted by Gasteiger charge is -2.43. The van der Waals surface area contributed by atoms with E-state index in [9.17, 15) is 50.4 Å². The van der Waals surface area contributed by atoms with Gasteiger partial charge >= 0.3 is 11.9 Å². The second-order valence-electron chi connectivity index (χ2n) is 10.9. The summed E-state index contributed by atoms with van der Waals surface area (Å²) >= 11 is 0. The Balaban J connectivity index is 1.46. The van der Waals surface area contributed by atoms with Gasteiger partial charge in [0, 0.05) is 12.2 Å². The molecule has 2 aromatic carbocycles. The maximum absolute atomic E-state index is 12.8. The summed E-state index contributed by atoms with van der Waals surface area (Å²) in [6.07, 6.45) is -9.57. The van der Waals surface area contributed by atoms with Gasteiger partial charge in [-0.3, -0.25) is 0 Å². The molecule has 2 aliphatic rings. The number of aliphatic hydroxyl groups is 6. The third-order valence-electron chi connectivity index (χ3n) is 7.72. The molecule has 0 bridgehead atoms. The number of aliphatic hydroxyl groups excluding tert-OH is 6. The summed E-state index contributed by atoms with van der Waals surface area (Å²) in [5, 5.41) is 82.2. The number of carbonyl (C=O) groups is 2. The average Bonchev–Trinajstić information content (AvgIpc) is 3.36. The van der Waals surface area contributed by atoms with Crippen LogP contribution in [0.25, 0.3) is 12.2 Å². The van der Waals surface area contributed by atoms with E-state index in [4.69, 9.17) is 33.2 Å². The van der Waals surface area contributed by atoms with Crippen LogP contribution in [0.3, 0.4) is 0 Å². The first-order chi connectivity index (χ1) is 23.4. The van der Waals surface area contributed by atoms with E-state index in [1.165, 1.54) is 62.8 Å². The summed E-state index contributed by atoms with van der Waals surface area (Å²) in [6, 6.07) is 8.54. The number of phenolic OH excluding ortho intramolecular Hbond substituents is 2. The van der Waals surface area contributed by atoms with Crippen molar-refractivity contribution in [3.8, 4) is 23.0 Å². The molecule has 0 aromatic heterocycles. The highest BCUT2D eigenvalue weighted by molar-refractivity contribution is 5.88. The van der Waals surface area contributed by atoms with Crippen LogP contribution in [-0.2, 0) is 33.3 Å². The zero-order valence-electron chi connectivity index (χ0n) is 26.3. The van der Waals surface area contributed by atoms with Gasteiger partial charge in [-0.05, 0) is 47.5 Å². The quantitative estimate of drug-likeness (QED) is 0.0882. The molecule has 17 heteroatoms. The van der Waals surface area contributed by atoms with E-state index >= 15 is 0 Å². The van der Waals surface area contributed by atoms with Crippen molar-refractivity contribution < 1.29 is 83.6 Å². The highest BCUT2D eigenvalue weighted by Crippen LogP contribution is 2.38. The maximum Gasteiger partial charge on any atom is 0.331 e. The van der Waals surface area contributed by atoms with Gasteiger partial charge in [0.05, 0.1) is 20.8 Å². The summed E-state index contributed by atoms with van der Waals surface area (Å²) in [4.78, 5) is 25.2. The van der Waals surface area contributed by atoms with Crippen LogP contribution in [0.1, 0.15) is 11.1 Å². The van der Waals surface area contributed by atoms with Gasteiger partial charge in [0.2, 0.25) is 5.79 Å². The fraction of sp³-hybridized carbons (Fsp3) is 0.438. The first-order valence-electron chi connectivity index (χ1n) is 14.8. The van der Waals surface area contributed by atoms with Crippen molar-refractivity contribution in [2.24, 2.45) is 0 Å². The molecule has 2 heterocycles. The second kappa shape index (κ2) is 16.4. The van der Waals surface area contributed by atoms with Gasteiger partial charge in [-0.25, -0.2) is 9.59 Å². The SMILES string of the molecule is COc1cc(/C=C/C(=O)OC[C@H]2O[C@H](O[C@@]3(CO)O[C@@H](CO)[C@H](O)[C@H]3OC(=O)/C=C/c3ccc(O)c(OC)c3)[C@H](O)[C@@H](O)[C@@H]2O)ccc1O. The fourth-order valence-electron chi connectivity index (χ4n) is 5.06. The van der Waals surface area contributed by atoms with Gasteiger partial charge in [-0.1, -0.05) is 12.1 Å². The number of hydrogen-bond donors (Lipinski definition) is 8. The molecular formula is C32H38O17. The zero-order chi connectivity index (χ0) is 35.9. The van der Waals surface area contributed by atoms with Crippen molar-refractivity contribution in [2.45, 2.75) is 54.8 Å². The van der Waals surface area contributed by atoms with Crippen molar-refractivity contribution in [3.63, 3.8) is 0 Å².